The maximum Gasteiger partial charge on any atom is 0.186 e. The van der Waals surface area contributed by atoms with Crippen LogP contribution in [0.5, 0.6) is 0 Å². The van der Waals surface area contributed by atoms with Gasteiger partial charge in [0.2, 0.25) is 0 Å². The van der Waals surface area contributed by atoms with Crippen LogP contribution in [0.15, 0.2) is 21.8 Å². The van der Waals surface area contributed by atoms with Gasteiger partial charge in [-0.15, -0.1) is 0 Å². The van der Waals surface area contributed by atoms with Gasteiger partial charge in [0.1, 0.15) is 6.54 Å². The summed E-state index contributed by atoms with van der Waals surface area (Å²) in [7, 11) is 0. The van der Waals surface area contributed by atoms with E-state index in [1.165, 1.54) is 6.20 Å². The molecule has 10 heavy (non-hydrogen) atoms. The Morgan fingerprint density at radius 3 is 3.00 bits per heavy atom. The first-order valence-corrected chi connectivity index (χ1v) is 2.74. The number of nitrogens with zero attached hydrogens (tertiary/aromatic N) is 2. The number of hydrogen-bond donors (Lipinski definition) is 2. The SMILES string of the molecule is NC(N)=NCc1ccno1. The van der Waals surface area contributed by atoms with E-state index in [2.05, 4.69) is 10.1 Å². The lowest BCUT2D eigenvalue weighted by molar-refractivity contribution is 0.385. The van der Waals surface area contributed by atoms with Crippen LogP contribution >= 0.6 is 0 Å². The molecular formula is C5H8N4O. The minimum atomic E-state index is 0.0522. The van der Waals surface area contributed by atoms with Crippen molar-refractivity contribution in [1.29, 1.82) is 0 Å². The third kappa shape index (κ3) is 1.77. The molecule has 0 aliphatic rings. The third-order valence-corrected chi connectivity index (χ3v) is 0.909. The van der Waals surface area contributed by atoms with Crippen molar-refractivity contribution in [2.75, 3.05) is 0 Å². The highest BCUT2D eigenvalue weighted by Crippen LogP contribution is 1.96. The normalized spacial score (nSPS) is 9.20. The first-order valence-electron chi connectivity index (χ1n) is 2.74. The Balaban J connectivity index is 2.49. The predicted octanol–water partition coefficient (Wildman–Crippen LogP) is -0.552. The van der Waals surface area contributed by atoms with Gasteiger partial charge in [-0.25, -0.2) is 4.99 Å². The Hall–Kier alpha value is -1.52. The highest BCUT2D eigenvalue weighted by atomic mass is 16.5. The van der Waals surface area contributed by atoms with E-state index in [4.69, 9.17) is 16.0 Å². The molecule has 0 unspecified atom stereocenters. The van der Waals surface area contributed by atoms with Gasteiger partial charge < -0.3 is 16.0 Å². The summed E-state index contributed by atoms with van der Waals surface area (Å²) < 4.78 is 4.72. The molecule has 0 radical (unpaired) electrons. The molecule has 0 spiro atoms. The van der Waals surface area contributed by atoms with Crippen LogP contribution in [-0.4, -0.2) is 11.1 Å². The molecule has 5 heteroatoms. The second-order valence-corrected chi connectivity index (χ2v) is 1.72. The molecule has 0 amide bonds. The van der Waals surface area contributed by atoms with Crippen molar-refractivity contribution in [3.8, 4) is 0 Å². The number of hydrogen-bond acceptors (Lipinski definition) is 3. The minimum absolute atomic E-state index is 0.0522. The van der Waals surface area contributed by atoms with E-state index >= 15 is 0 Å². The van der Waals surface area contributed by atoms with Gasteiger partial charge in [0, 0.05) is 6.07 Å². The van der Waals surface area contributed by atoms with Gasteiger partial charge in [0.05, 0.1) is 6.20 Å². The number of rotatable bonds is 2. The van der Waals surface area contributed by atoms with E-state index in [0.717, 1.165) is 0 Å². The molecule has 0 aliphatic carbocycles. The average molecular weight is 140 g/mol. The van der Waals surface area contributed by atoms with Gasteiger partial charge in [-0.2, -0.15) is 0 Å². The lowest BCUT2D eigenvalue weighted by atomic mass is 10.5. The molecule has 0 fully saturated rings. The summed E-state index contributed by atoms with van der Waals surface area (Å²) in [5, 5.41) is 3.47. The monoisotopic (exact) mass is 140 g/mol. The number of aromatic nitrogens is 1. The van der Waals surface area contributed by atoms with Crippen LogP contribution in [0.2, 0.25) is 0 Å². The summed E-state index contributed by atoms with van der Waals surface area (Å²) in [6.07, 6.45) is 1.54. The molecule has 0 bridgehead atoms. The van der Waals surface area contributed by atoms with Crippen LogP contribution in [0.4, 0.5) is 0 Å². The average Bonchev–Trinajstić information content (AvgIpc) is 2.34. The molecule has 1 rings (SSSR count). The predicted molar refractivity (Wildman–Crippen MR) is 36.0 cm³/mol. The highest BCUT2D eigenvalue weighted by molar-refractivity contribution is 5.75. The van der Waals surface area contributed by atoms with Gasteiger partial charge in [-0.1, -0.05) is 5.16 Å². The van der Waals surface area contributed by atoms with Gasteiger partial charge in [-0.3, -0.25) is 0 Å². The Kier molecular flexibility index (Phi) is 1.89. The summed E-state index contributed by atoms with van der Waals surface area (Å²) in [5.74, 6) is 0.699. The molecule has 0 aliphatic heterocycles. The van der Waals surface area contributed by atoms with E-state index < -0.39 is 0 Å². The van der Waals surface area contributed by atoms with Crippen molar-refractivity contribution in [1.82, 2.24) is 5.16 Å². The van der Waals surface area contributed by atoms with Gasteiger partial charge in [-0.05, 0) is 0 Å². The number of aliphatic imine (C=N–C) groups is 1. The fourth-order valence-electron chi connectivity index (χ4n) is 0.493. The minimum Gasteiger partial charge on any atom is -0.370 e. The first kappa shape index (κ1) is 6.60. The van der Waals surface area contributed by atoms with Crippen molar-refractivity contribution in [3.63, 3.8) is 0 Å². The van der Waals surface area contributed by atoms with Crippen molar-refractivity contribution < 1.29 is 4.52 Å². The second kappa shape index (κ2) is 2.86. The second-order valence-electron chi connectivity index (χ2n) is 1.72. The van der Waals surface area contributed by atoms with Crippen LogP contribution in [0.3, 0.4) is 0 Å². The van der Waals surface area contributed by atoms with Crippen molar-refractivity contribution >= 4 is 5.96 Å². The third-order valence-electron chi connectivity index (χ3n) is 0.909. The quantitative estimate of drug-likeness (QED) is 0.426. The zero-order valence-corrected chi connectivity index (χ0v) is 5.32. The summed E-state index contributed by atoms with van der Waals surface area (Å²) in [4.78, 5) is 3.71. The summed E-state index contributed by atoms with van der Waals surface area (Å²) >= 11 is 0. The molecule has 1 aromatic rings. The van der Waals surface area contributed by atoms with Crippen LogP contribution in [0, 0.1) is 0 Å². The number of guanidine groups is 1. The molecule has 0 saturated carbocycles. The van der Waals surface area contributed by atoms with Crippen molar-refractivity contribution in [2.45, 2.75) is 6.54 Å². The van der Waals surface area contributed by atoms with Crippen LogP contribution in [-0.2, 0) is 6.54 Å². The maximum absolute atomic E-state index is 5.07. The highest BCUT2D eigenvalue weighted by Gasteiger charge is 1.92. The van der Waals surface area contributed by atoms with Gasteiger partial charge in [0.15, 0.2) is 11.7 Å². The molecule has 0 atom stereocenters. The largest absolute Gasteiger partial charge is 0.370 e. The zero-order valence-electron chi connectivity index (χ0n) is 5.32. The number of nitrogens with two attached hydrogens (primary N) is 2. The molecule has 4 N–H and O–H groups in total. The molecule has 1 aromatic heterocycles. The zero-order chi connectivity index (χ0) is 7.40. The van der Waals surface area contributed by atoms with Crippen LogP contribution in [0.25, 0.3) is 0 Å². The van der Waals surface area contributed by atoms with E-state index in [-0.39, 0.29) is 5.96 Å². The topological polar surface area (TPSA) is 90.4 Å². The lowest BCUT2D eigenvalue weighted by Crippen LogP contribution is -2.22. The molecular weight excluding hydrogens is 132 g/mol. The van der Waals surface area contributed by atoms with E-state index in [1.54, 1.807) is 6.07 Å². The van der Waals surface area contributed by atoms with Crippen LogP contribution in [0.1, 0.15) is 5.76 Å². The standard InChI is InChI=1S/C5H8N4O/c6-5(7)8-3-4-1-2-9-10-4/h1-2H,3H2,(H4,6,7,8). The smallest absolute Gasteiger partial charge is 0.186 e. The summed E-state index contributed by atoms with van der Waals surface area (Å²) in [6, 6.07) is 1.70. The molecule has 1 heterocycles. The summed E-state index contributed by atoms with van der Waals surface area (Å²) in [6.45, 7) is 0.350. The van der Waals surface area contributed by atoms with E-state index in [9.17, 15) is 0 Å². The lowest BCUT2D eigenvalue weighted by Gasteiger charge is -1.87. The molecule has 0 aromatic carbocycles. The Morgan fingerprint density at radius 1 is 1.70 bits per heavy atom. The summed E-state index contributed by atoms with van der Waals surface area (Å²) in [5.41, 5.74) is 10.1. The van der Waals surface area contributed by atoms with Crippen molar-refractivity contribution in [2.24, 2.45) is 16.5 Å². The molecule has 5 nitrogen and oxygen atoms in total. The van der Waals surface area contributed by atoms with E-state index in [1.807, 2.05) is 0 Å². The first-order chi connectivity index (χ1) is 4.79. The fraction of sp³-hybridized carbons (Fsp3) is 0.200. The fourth-order valence-corrected chi connectivity index (χ4v) is 0.493. The van der Waals surface area contributed by atoms with Crippen LogP contribution < -0.4 is 11.5 Å². The Morgan fingerprint density at radius 2 is 2.50 bits per heavy atom. The van der Waals surface area contributed by atoms with Gasteiger partial charge >= 0.3 is 0 Å². The Bertz CT molecular complexity index is 212. The molecule has 54 valence electrons. The maximum atomic E-state index is 5.07. The molecule has 0 saturated heterocycles. The Labute approximate surface area is 57.7 Å². The van der Waals surface area contributed by atoms with E-state index in [0.29, 0.717) is 12.3 Å². The van der Waals surface area contributed by atoms with Gasteiger partial charge in [0.25, 0.3) is 0 Å². The van der Waals surface area contributed by atoms with Crippen molar-refractivity contribution in [3.05, 3.63) is 18.0 Å².